The maximum absolute atomic E-state index is 13.4. The fraction of sp³-hybridized carbons (Fsp3) is 0.125. The van der Waals surface area contributed by atoms with Gasteiger partial charge in [0.25, 0.3) is 11.8 Å². The predicted octanol–water partition coefficient (Wildman–Crippen LogP) is 5.63. The minimum atomic E-state index is -0.525. The largest absolute Gasteiger partial charge is 0.497 e. The van der Waals surface area contributed by atoms with Gasteiger partial charge in [-0.1, -0.05) is 18.2 Å². The molecule has 4 rings (SSSR count). The zero-order valence-electron chi connectivity index (χ0n) is 23.3. The molecule has 0 spiro atoms. The Morgan fingerprint density at radius 2 is 1.52 bits per heavy atom. The molecule has 214 valence electrons. The van der Waals surface area contributed by atoms with Crippen LogP contribution in [0.1, 0.15) is 22.8 Å². The van der Waals surface area contributed by atoms with Crippen LogP contribution < -0.4 is 25.4 Å². The number of ether oxygens (including phenoxy) is 2. The number of methoxy groups -OCH3 is 2. The number of thioether (sulfide) groups is 1. The summed E-state index contributed by atoms with van der Waals surface area (Å²) in [4.78, 5) is 43.7. The molecule has 0 fully saturated rings. The van der Waals surface area contributed by atoms with Crippen molar-refractivity contribution in [2.75, 3.05) is 24.9 Å². The molecule has 0 radical (unpaired) electrons. The smallest absolute Gasteiger partial charge is 0.272 e. The van der Waals surface area contributed by atoms with Crippen LogP contribution in [0.2, 0.25) is 0 Å². The number of carbonyl (C=O) groups excluding carboxylic acids is 3. The second-order valence-electron chi connectivity index (χ2n) is 8.95. The number of pyridine rings is 1. The van der Waals surface area contributed by atoms with Gasteiger partial charge in [0, 0.05) is 45.9 Å². The zero-order valence-corrected chi connectivity index (χ0v) is 24.1. The van der Waals surface area contributed by atoms with Crippen molar-refractivity contribution in [3.8, 4) is 11.5 Å². The van der Waals surface area contributed by atoms with Crippen LogP contribution in [0, 0.1) is 0 Å². The van der Waals surface area contributed by atoms with Crippen molar-refractivity contribution < 1.29 is 23.9 Å². The van der Waals surface area contributed by atoms with Crippen molar-refractivity contribution in [1.82, 2.24) is 10.3 Å². The van der Waals surface area contributed by atoms with Crippen LogP contribution in [0.15, 0.2) is 108 Å². The molecule has 0 aliphatic rings. The molecule has 42 heavy (non-hydrogen) atoms. The summed E-state index contributed by atoms with van der Waals surface area (Å²) in [5, 5.41) is 8.06. The molecule has 3 amide bonds. The molecule has 1 heterocycles. The second-order valence-corrected chi connectivity index (χ2v) is 10.4. The second kappa shape index (κ2) is 14.5. The van der Waals surface area contributed by atoms with Crippen LogP contribution in [0.4, 0.5) is 11.4 Å². The van der Waals surface area contributed by atoms with Gasteiger partial charge in [0.05, 0.1) is 19.5 Å². The van der Waals surface area contributed by atoms with Crippen molar-refractivity contribution in [1.29, 1.82) is 0 Å². The molecule has 4 aromatic rings. The molecule has 0 saturated heterocycles. The summed E-state index contributed by atoms with van der Waals surface area (Å²) in [6.45, 7) is 1.82. The molecule has 0 aliphatic heterocycles. The number of anilines is 2. The Hall–Kier alpha value is -5.09. The topological polar surface area (TPSA) is 119 Å². The summed E-state index contributed by atoms with van der Waals surface area (Å²) in [7, 11) is 3.06. The van der Waals surface area contributed by atoms with Crippen LogP contribution in [-0.4, -0.2) is 42.2 Å². The third-order valence-corrected chi connectivity index (χ3v) is 7.12. The van der Waals surface area contributed by atoms with Gasteiger partial charge in [-0.15, -0.1) is 11.8 Å². The summed E-state index contributed by atoms with van der Waals surface area (Å²) in [5.41, 5.74) is 2.19. The van der Waals surface area contributed by atoms with Crippen molar-refractivity contribution >= 4 is 46.9 Å². The van der Waals surface area contributed by atoms with Crippen LogP contribution in [0.25, 0.3) is 6.08 Å². The number of rotatable bonds is 11. The highest BCUT2D eigenvalue weighted by molar-refractivity contribution is 8.00. The highest BCUT2D eigenvalue weighted by atomic mass is 32.2. The van der Waals surface area contributed by atoms with Crippen LogP contribution >= 0.6 is 11.8 Å². The van der Waals surface area contributed by atoms with E-state index in [9.17, 15) is 14.4 Å². The lowest BCUT2D eigenvalue weighted by Gasteiger charge is -2.14. The Morgan fingerprint density at radius 1 is 0.833 bits per heavy atom. The van der Waals surface area contributed by atoms with Gasteiger partial charge in [0.1, 0.15) is 17.2 Å². The molecular formula is C32H30N4O5S. The molecule has 1 aromatic heterocycles. The quantitative estimate of drug-likeness (QED) is 0.155. The minimum Gasteiger partial charge on any atom is -0.497 e. The standard InChI is InChI=1S/C32H30N4O5S/c1-21(30(37)34-25-15-17-33-18-16-25)42-27-13-10-24(11-14-27)35-32(39)28(36-31(38)22-7-5-4-6-8-22)19-23-9-12-26(40-2)20-29(23)41-3/h4-21H,1-3H3,(H,35,39)(H,36,38)(H,33,34,37)/b28-19-. The average Bonchev–Trinajstić information content (AvgIpc) is 3.02. The summed E-state index contributed by atoms with van der Waals surface area (Å²) in [5.74, 6) is -0.0399. The third-order valence-electron chi connectivity index (χ3n) is 6.01. The number of amides is 3. The van der Waals surface area contributed by atoms with E-state index in [1.54, 1.807) is 98.4 Å². The van der Waals surface area contributed by atoms with E-state index in [-0.39, 0.29) is 16.9 Å². The van der Waals surface area contributed by atoms with Crippen molar-refractivity contribution in [3.05, 3.63) is 114 Å². The van der Waals surface area contributed by atoms with Crippen LogP contribution in [-0.2, 0) is 9.59 Å². The number of hydrogen-bond acceptors (Lipinski definition) is 7. The Bertz CT molecular complexity index is 1560. The lowest BCUT2D eigenvalue weighted by molar-refractivity contribution is -0.115. The number of nitrogens with zero attached hydrogens (tertiary/aromatic N) is 1. The van der Waals surface area contributed by atoms with E-state index in [0.717, 1.165) is 4.90 Å². The summed E-state index contributed by atoms with van der Waals surface area (Å²) >= 11 is 1.39. The SMILES string of the molecule is COc1ccc(/C=C(\NC(=O)c2ccccc2)C(=O)Nc2ccc(SC(C)C(=O)Nc3ccncc3)cc2)c(OC)c1. The normalized spacial score (nSPS) is 11.6. The van der Waals surface area contributed by atoms with Crippen LogP contribution in [0.5, 0.6) is 11.5 Å². The average molecular weight is 583 g/mol. The van der Waals surface area contributed by atoms with E-state index in [4.69, 9.17) is 9.47 Å². The van der Waals surface area contributed by atoms with Crippen molar-refractivity contribution in [3.63, 3.8) is 0 Å². The first-order valence-electron chi connectivity index (χ1n) is 13.0. The first kappa shape index (κ1) is 29.9. The summed E-state index contributed by atoms with van der Waals surface area (Å²) < 4.78 is 10.7. The molecule has 0 aliphatic carbocycles. The number of nitrogens with one attached hydrogen (secondary N) is 3. The highest BCUT2D eigenvalue weighted by Crippen LogP contribution is 2.28. The van der Waals surface area contributed by atoms with E-state index in [1.165, 1.54) is 18.9 Å². The Labute approximate surface area is 248 Å². The van der Waals surface area contributed by atoms with E-state index >= 15 is 0 Å². The molecule has 1 unspecified atom stereocenters. The number of benzene rings is 3. The molecule has 3 N–H and O–H groups in total. The van der Waals surface area contributed by atoms with Gasteiger partial charge in [-0.05, 0) is 73.7 Å². The summed E-state index contributed by atoms with van der Waals surface area (Å²) in [6.07, 6.45) is 4.77. The number of hydrogen-bond donors (Lipinski definition) is 3. The van der Waals surface area contributed by atoms with E-state index < -0.39 is 11.8 Å². The molecule has 0 bridgehead atoms. The first-order chi connectivity index (χ1) is 20.4. The lowest BCUT2D eigenvalue weighted by Crippen LogP contribution is -2.30. The van der Waals surface area contributed by atoms with Gasteiger partial charge in [0.2, 0.25) is 5.91 Å². The lowest BCUT2D eigenvalue weighted by atomic mass is 10.1. The Balaban J connectivity index is 1.49. The predicted molar refractivity (Wildman–Crippen MR) is 165 cm³/mol. The van der Waals surface area contributed by atoms with Gasteiger partial charge in [-0.2, -0.15) is 0 Å². The molecule has 10 heteroatoms. The summed E-state index contributed by atoms with van der Waals surface area (Å²) in [6, 6.07) is 24.3. The number of carbonyl (C=O) groups is 3. The van der Waals surface area contributed by atoms with Gasteiger partial charge in [0.15, 0.2) is 0 Å². The Kier molecular flexibility index (Phi) is 10.3. The van der Waals surface area contributed by atoms with E-state index in [1.807, 2.05) is 19.1 Å². The van der Waals surface area contributed by atoms with E-state index in [2.05, 4.69) is 20.9 Å². The first-order valence-corrected chi connectivity index (χ1v) is 13.8. The van der Waals surface area contributed by atoms with Gasteiger partial charge in [-0.25, -0.2) is 0 Å². The van der Waals surface area contributed by atoms with Crippen LogP contribution in [0.3, 0.4) is 0 Å². The van der Waals surface area contributed by atoms with E-state index in [0.29, 0.717) is 34.0 Å². The minimum absolute atomic E-state index is 0.0205. The van der Waals surface area contributed by atoms with Gasteiger partial charge < -0.3 is 25.4 Å². The molecular weight excluding hydrogens is 552 g/mol. The molecule has 1 atom stereocenters. The van der Waals surface area contributed by atoms with Crippen molar-refractivity contribution in [2.45, 2.75) is 17.1 Å². The molecule has 0 saturated carbocycles. The number of aromatic nitrogens is 1. The monoisotopic (exact) mass is 582 g/mol. The maximum atomic E-state index is 13.4. The fourth-order valence-electron chi connectivity index (χ4n) is 3.79. The van der Waals surface area contributed by atoms with Gasteiger partial charge >= 0.3 is 0 Å². The molecule has 3 aromatic carbocycles. The molecule has 9 nitrogen and oxygen atoms in total. The van der Waals surface area contributed by atoms with Gasteiger partial charge in [-0.3, -0.25) is 19.4 Å². The fourth-order valence-corrected chi connectivity index (χ4v) is 4.66. The highest BCUT2D eigenvalue weighted by Gasteiger charge is 2.18. The maximum Gasteiger partial charge on any atom is 0.272 e. The zero-order chi connectivity index (χ0) is 29.9. The Morgan fingerprint density at radius 3 is 2.19 bits per heavy atom. The third kappa shape index (κ3) is 8.21. The van der Waals surface area contributed by atoms with Crippen molar-refractivity contribution in [2.24, 2.45) is 0 Å².